The van der Waals surface area contributed by atoms with Crippen LogP contribution in [0.2, 0.25) is 0 Å². The van der Waals surface area contributed by atoms with Gasteiger partial charge in [0.2, 0.25) is 0 Å². The van der Waals surface area contributed by atoms with Gasteiger partial charge in [0.15, 0.2) is 0 Å². The van der Waals surface area contributed by atoms with Crippen LogP contribution in [0.5, 0.6) is 0 Å². The average Bonchev–Trinajstić information content (AvgIpc) is 2.89. The Hall–Kier alpha value is -1.78. The number of rotatable bonds is 4. The molecule has 0 aliphatic heterocycles. The quantitative estimate of drug-likeness (QED) is 0.721. The lowest BCUT2D eigenvalue weighted by Crippen LogP contribution is -1.90. The van der Waals surface area contributed by atoms with Gasteiger partial charge in [0.05, 0.1) is 16.8 Å². The van der Waals surface area contributed by atoms with Crippen molar-refractivity contribution in [2.24, 2.45) is 0 Å². The Morgan fingerprint density at radius 1 is 1.21 bits per heavy atom. The lowest BCUT2D eigenvalue weighted by Gasteiger charge is -2.02. The Morgan fingerprint density at radius 3 is 2.79 bits per heavy atom. The smallest absolute Gasteiger partial charge is 0.116 e. The number of fused-ring (bicyclic) bond motifs is 1. The molecule has 0 N–H and O–H groups in total. The van der Waals surface area contributed by atoms with Gasteiger partial charge in [-0.2, -0.15) is 0 Å². The molecule has 0 radical (unpaired) electrons. The first-order chi connectivity index (χ1) is 9.36. The van der Waals surface area contributed by atoms with Crippen molar-refractivity contribution in [2.75, 3.05) is 6.61 Å². The Labute approximate surface area is 115 Å². The molecule has 0 fully saturated rings. The zero-order chi connectivity index (χ0) is 13.1. The van der Waals surface area contributed by atoms with Crippen LogP contribution in [0.1, 0.15) is 12.5 Å². The molecule has 96 valence electrons. The van der Waals surface area contributed by atoms with Crippen molar-refractivity contribution in [3.8, 4) is 10.4 Å². The van der Waals surface area contributed by atoms with Crippen molar-refractivity contribution >= 4 is 21.6 Å². The topological polar surface area (TPSA) is 35.0 Å². The minimum atomic E-state index is 0.675. The monoisotopic (exact) mass is 270 g/mol. The zero-order valence-electron chi connectivity index (χ0n) is 10.7. The lowest BCUT2D eigenvalue weighted by atomic mass is 10.1. The summed E-state index contributed by atoms with van der Waals surface area (Å²) in [5.41, 5.74) is 3.42. The van der Waals surface area contributed by atoms with E-state index in [0.29, 0.717) is 6.61 Å². The largest absolute Gasteiger partial charge is 0.377 e. The second-order valence-corrected chi connectivity index (χ2v) is 5.30. The van der Waals surface area contributed by atoms with Crippen molar-refractivity contribution in [1.29, 1.82) is 0 Å². The molecule has 0 spiro atoms. The number of aromatic nitrogens is 2. The van der Waals surface area contributed by atoms with Crippen LogP contribution < -0.4 is 0 Å². The summed E-state index contributed by atoms with van der Waals surface area (Å²) in [5, 5.41) is 0. The summed E-state index contributed by atoms with van der Waals surface area (Å²) in [6, 6.07) is 10.6. The maximum absolute atomic E-state index is 5.40. The first-order valence-electron chi connectivity index (χ1n) is 6.23. The van der Waals surface area contributed by atoms with Gasteiger partial charge in [-0.05, 0) is 24.1 Å². The van der Waals surface area contributed by atoms with Crippen LogP contribution >= 0.6 is 11.3 Å². The number of hydrogen-bond acceptors (Lipinski definition) is 4. The number of nitrogens with zero attached hydrogens (tertiary/aromatic N) is 2. The molecule has 0 saturated heterocycles. The molecule has 0 unspecified atom stereocenters. The van der Waals surface area contributed by atoms with Gasteiger partial charge in [-0.15, -0.1) is 11.3 Å². The van der Waals surface area contributed by atoms with Gasteiger partial charge in [-0.1, -0.05) is 24.3 Å². The Kier molecular flexibility index (Phi) is 3.53. The third-order valence-electron chi connectivity index (χ3n) is 2.91. The van der Waals surface area contributed by atoms with Crippen LogP contribution in [0.3, 0.4) is 0 Å². The van der Waals surface area contributed by atoms with E-state index in [4.69, 9.17) is 4.74 Å². The molecule has 0 saturated carbocycles. The van der Waals surface area contributed by atoms with Gasteiger partial charge < -0.3 is 4.74 Å². The molecule has 0 amide bonds. The highest BCUT2D eigenvalue weighted by Gasteiger charge is 2.05. The third kappa shape index (κ3) is 2.64. The number of ether oxygens (including phenoxy) is 1. The van der Waals surface area contributed by atoms with Crippen LogP contribution in [-0.4, -0.2) is 16.6 Å². The molecular formula is C15H14N2OS. The molecule has 3 nitrogen and oxygen atoms in total. The van der Waals surface area contributed by atoms with E-state index in [2.05, 4.69) is 40.3 Å². The molecule has 0 aliphatic carbocycles. The third-order valence-corrected chi connectivity index (χ3v) is 4.01. The Morgan fingerprint density at radius 2 is 2.05 bits per heavy atom. The Balaban J connectivity index is 1.88. The molecule has 4 heteroatoms. The molecular weight excluding hydrogens is 256 g/mol. The van der Waals surface area contributed by atoms with Gasteiger partial charge in [-0.25, -0.2) is 9.97 Å². The van der Waals surface area contributed by atoms with Crippen molar-refractivity contribution in [2.45, 2.75) is 13.5 Å². The Bertz CT molecular complexity index is 643. The van der Waals surface area contributed by atoms with E-state index in [1.54, 1.807) is 17.7 Å². The fourth-order valence-corrected chi connectivity index (χ4v) is 2.90. The summed E-state index contributed by atoms with van der Waals surface area (Å²) < 4.78 is 6.52. The van der Waals surface area contributed by atoms with Crippen molar-refractivity contribution < 1.29 is 4.74 Å². The molecule has 19 heavy (non-hydrogen) atoms. The predicted molar refractivity (Wildman–Crippen MR) is 78.2 cm³/mol. The van der Waals surface area contributed by atoms with E-state index in [1.807, 2.05) is 13.1 Å². The second kappa shape index (κ2) is 5.47. The number of hydrogen-bond donors (Lipinski definition) is 0. The van der Waals surface area contributed by atoms with Crippen LogP contribution in [0.4, 0.5) is 0 Å². The highest BCUT2D eigenvalue weighted by atomic mass is 32.1. The van der Waals surface area contributed by atoms with Crippen molar-refractivity contribution in [3.63, 3.8) is 0 Å². The summed E-state index contributed by atoms with van der Waals surface area (Å²) in [6.07, 6.45) is 3.45. The molecule has 2 heterocycles. The van der Waals surface area contributed by atoms with Crippen LogP contribution in [0, 0.1) is 0 Å². The normalized spacial score (nSPS) is 11.0. The number of thiophene rings is 1. The van der Waals surface area contributed by atoms with Gasteiger partial charge in [0, 0.05) is 17.7 Å². The van der Waals surface area contributed by atoms with Crippen molar-refractivity contribution in [1.82, 2.24) is 9.97 Å². The second-order valence-electron chi connectivity index (χ2n) is 4.22. The molecule has 2 aromatic heterocycles. The van der Waals surface area contributed by atoms with E-state index in [9.17, 15) is 0 Å². The van der Waals surface area contributed by atoms with Gasteiger partial charge in [0.1, 0.15) is 6.33 Å². The van der Waals surface area contributed by atoms with Crippen LogP contribution in [0.15, 0.2) is 42.9 Å². The lowest BCUT2D eigenvalue weighted by molar-refractivity contribution is 0.134. The SMILES string of the molecule is CCOCc1ccc(-c2cc3ncncc3s2)cc1. The van der Waals surface area contributed by atoms with E-state index < -0.39 is 0 Å². The highest BCUT2D eigenvalue weighted by molar-refractivity contribution is 7.22. The molecule has 0 atom stereocenters. The van der Waals surface area contributed by atoms with E-state index in [1.165, 1.54) is 16.0 Å². The van der Waals surface area contributed by atoms with Gasteiger partial charge in [-0.3, -0.25) is 0 Å². The summed E-state index contributed by atoms with van der Waals surface area (Å²) >= 11 is 1.72. The standard InChI is InChI=1S/C15H14N2OS/c1-2-18-9-11-3-5-12(6-4-11)14-7-13-15(19-14)8-16-10-17-13/h3-8,10H,2,9H2,1H3. The molecule has 3 aromatic rings. The first kappa shape index (κ1) is 12.3. The summed E-state index contributed by atoms with van der Waals surface area (Å²) in [6.45, 7) is 3.43. The van der Waals surface area contributed by atoms with E-state index in [0.717, 1.165) is 16.8 Å². The predicted octanol–water partition coefficient (Wildman–Crippen LogP) is 3.89. The molecule has 1 aromatic carbocycles. The fraction of sp³-hybridized carbons (Fsp3) is 0.200. The minimum absolute atomic E-state index is 0.675. The van der Waals surface area contributed by atoms with Crippen LogP contribution in [0.25, 0.3) is 20.7 Å². The minimum Gasteiger partial charge on any atom is -0.377 e. The van der Waals surface area contributed by atoms with E-state index in [-0.39, 0.29) is 0 Å². The zero-order valence-corrected chi connectivity index (χ0v) is 11.5. The maximum Gasteiger partial charge on any atom is 0.116 e. The fourth-order valence-electron chi connectivity index (χ4n) is 1.91. The van der Waals surface area contributed by atoms with Crippen LogP contribution in [-0.2, 0) is 11.3 Å². The van der Waals surface area contributed by atoms with Crippen molar-refractivity contribution in [3.05, 3.63) is 48.4 Å². The highest BCUT2D eigenvalue weighted by Crippen LogP contribution is 2.31. The molecule has 0 bridgehead atoms. The maximum atomic E-state index is 5.40. The number of benzene rings is 1. The van der Waals surface area contributed by atoms with Gasteiger partial charge >= 0.3 is 0 Å². The van der Waals surface area contributed by atoms with E-state index >= 15 is 0 Å². The summed E-state index contributed by atoms with van der Waals surface area (Å²) in [7, 11) is 0. The summed E-state index contributed by atoms with van der Waals surface area (Å²) in [5.74, 6) is 0. The molecule has 0 aliphatic rings. The average molecular weight is 270 g/mol. The summed E-state index contributed by atoms with van der Waals surface area (Å²) in [4.78, 5) is 9.54. The first-order valence-corrected chi connectivity index (χ1v) is 7.05. The molecule has 3 rings (SSSR count). The van der Waals surface area contributed by atoms with Gasteiger partial charge in [0.25, 0.3) is 0 Å².